The van der Waals surface area contributed by atoms with Crippen molar-refractivity contribution in [3.63, 3.8) is 0 Å². The van der Waals surface area contributed by atoms with E-state index in [1.54, 1.807) is 24.5 Å². The Morgan fingerprint density at radius 1 is 1.20 bits per heavy atom. The van der Waals surface area contributed by atoms with Crippen LogP contribution in [0.2, 0.25) is 0 Å². The predicted octanol–water partition coefficient (Wildman–Crippen LogP) is 5.12. The Kier molecular flexibility index (Phi) is 6.33. The molecule has 0 bridgehead atoms. The summed E-state index contributed by atoms with van der Waals surface area (Å²) in [6, 6.07) is 13.9. The van der Waals surface area contributed by atoms with Gasteiger partial charge in [-0.2, -0.15) is 0 Å². The molecule has 1 aliphatic rings. The summed E-state index contributed by atoms with van der Waals surface area (Å²) in [4.78, 5) is 19.4. The number of likely N-dealkylation sites (tertiary alicyclic amines) is 1. The number of carbonyl (C=O) groups excluding carboxylic acids is 1. The molecule has 0 atom stereocenters. The van der Waals surface area contributed by atoms with Crippen LogP contribution in [0.4, 0.5) is 0 Å². The third kappa shape index (κ3) is 4.49. The third-order valence-corrected chi connectivity index (χ3v) is 6.57. The quantitative estimate of drug-likeness (QED) is 0.517. The first-order valence-electron chi connectivity index (χ1n) is 10.3. The fourth-order valence-corrected chi connectivity index (χ4v) is 4.89. The number of rotatable bonds is 6. The molecule has 0 aliphatic carbocycles. The second-order valence-corrected chi connectivity index (χ2v) is 8.36. The molecule has 156 valence electrons. The summed E-state index contributed by atoms with van der Waals surface area (Å²) in [6.45, 7) is 4.02. The standard InChI is InChI=1S/C24H26N2O3S/c1-3-29-21-16-17(8-10-20(21)28-2)9-11-23(27)26-14-12-18(13-15-26)24-25-19-6-4-5-7-22(19)30-24/h4-11,16,18H,3,12-15H2,1-2H3/b11-9+. The zero-order valence-electron chi connectivity index (χ0n) is 17.3. The zero-order valence-corrected chi connectivity index (χ0v) is 18.2. The molecule has 2 heterocycles. The van der Waals surface area contributed by atoms with Gasteiger partial charge in [-0.3, -0.25) is 4.79 Å². The number of nitrogens with zero attached hydrogens (tertiary/aromatic N) is 2. The number of methoxy groups -OCH3 is 1. The van der Waals surface area contributed by atoms with Crippen molar-refractivity contribution in [2.75, 3.05) is 26.8 Å². The van der Waals surface area contributed by atoms with Crippen molar-refractivity contribution in [2.24, 2.45) is 0 Å². The Morgan fingerprint density at radius 2 is 2.00 bits per heavy atom. The number of piperidine rings is 1. The molecule has 30 heavy (non-hydrogen) atoms. The minimum absolute atomic E-state index is 0.0477. The van der Waals surface area contributed by atoms with Gasteiger partial charge in [0.15, 0.2) is 11.5 Å². The van der Waals surface area contributed by atoms with Gasteiger partial charge in [0.2, 0.25) is 5.91 Å². The number of hydrogen-bond acceptors (Lipinski definition) is 5. The van der Waals surface area contributed by atoms with Crippen molar-refractivity contribution < 1.29 is 14.3 Å². The van der Waals surface area contributed by atoms with Crippen molar-refractivity contribution in [2.45, 2.75) is 25.7 Å². The maximum Gasteiger partial charge on any atom is 0.246 e. The fourth-order valence-electron chi connectivity index (χ4n) is 3.75. The molecule has 0 N–H and O–H groups in total. The topological polar surface area (TPSA) is 51.7 Å². The zero-order chi connectivity index (χ0) is 20.9. The van der Waals surface area contributed by atoms with Crippen LogP contribution in [-0.4, -0.2) is 42.6 Å². The number of para-hydroxylation sites is 1. The van der Waals surface area contributed by atoms with E-state index in [9.17, 15) is 4.79 Å². The third-order valence-electron chi connectivity index (χ3n) is 5.37. The molecule has 2 aromatic carbocycles. The maximum atomic E-state index is 12.7. The van der Waals surface area contributed by atoms with E-state index in [0.29, 0.717) is 24.0 Å². The summed E-state index contributed by atoms with van der Waals surface area (Å²) in [5, 5.41) is 1.19. The van der Waals surface area contributed by atoms with E-state index >= 15 is 0 Å². The van der Waals surface area contributed by atoms with E-state index in [1.807, 2.05) is 42.2 Å². The molecular formula is C24H26N2O3S. The van der Waals surface area contributed by atoms with Crippen LogP contribution in [0.3, 0.4) is 0 Å². The first-order chi connectivity index (χ1) is 14.7. The van der Waals surface area contributed by atoms with Gasteiger partial charge in [0.1, 0.15) is 0 Å². The number of amides is 1. The first kappa shape index (κ1) is 20.4. The van der Waals surface area contributed by atoms with Gasteiger partial charge in [0.25, 0.3) is 0 Å². The molecule has 5 nitrogen and oxygen atoms in total. The van der Waals surface area contributed by atoms with Gasteiger partial charge in [-0.25, -0.2) is 4.98 Å². The van der Waals surface area contributed by atoms with Crippen molar-refractivity contribution in [1.29, 1.82) is 0 Å². The Morgan fingerprint density at radius 3 is 2.73 bits per heavy atom. The largest absolute Gasteiger partial charge is 0.493 e. The molecule has 1 aromatic heterocycles. The molecule has 0 saturated carbocycles. The molecule has 0 radical (unpaired) electrons. The smallest absolute Gasteiger partial charge is 0.246 e. The molecule has 3 aromatic rings. The maximum absolute atomic E-state index is 12.7. The number of carbonyl (C=O) groups is 1. The van der Waals surface area contributed by atoms with Crippen molar-refractivity contribution in [1.82, 2.24) is 9.88 Å². The number of ether oxygens (including phenoxy) is 2. The predicted molar refractivity (Wildman–Crippen MR) is 121 cm³/mol. The summed E-state index contributed by atoms with van der Waals surface area (Å²) in [5.41, 5.74) is 1.99. The van der Waals surface area contributed by atoms with Crippen LogP contribution < -0.4 is 9.47 Å². The summed E-state index contributed by atoms with van der Waals surface area (Å²) < 4.78 is 12.2. The van der Waals surface area contributed by atoms with E-state index in [2.05, 4.69) is 18.2 Å². The average Bonchev–Trinajstić information content (AvgIpc) is 3.22. The molecule has 0 unspecified atom stereocenters. The van der Waals surface area contributed by atoms with Crippen LogP contribution >= 0.6 is 11.3 Å². The Bertz CT molecular complexity index is 1020. The minimum atomic E-state index is 0.0477. The lowest BCUT2D eigenvalue weighted by molar-refractivity contribution is -0.126. The van der Waals surface area contributed by atoms with Crippen molar-refractivity contribution in [3.05, 3.63) is 59.1 Å². The molecule has 1 amide bonds. The lowest BCUT2D eigenvalue weighted by Crippen LogP contribution is -2.36. The second kappa shape index (κ2) is 9.30. The van der Waals surface area contributed by atoms with E-state index < -0.39 is 0 Å². The number of fused-ring (bicyclic) bond motifs is 1. The van der Waals surface area contributed by atoms with Gasteiger partial charge in [0.05, 0.1) is 28.9 Å². The Balaban J connectivity index is 1.36. The van der Waals surface area contributed by atoms with Crippen LogP contribution in [0, 0.1) is 0 Å². The molecule has 1 saturated heterocycles. The summed E-state index contributed by atoms with van der Waals surface area (Å²) in [7, 11) is 1.62. The van der Waals surface area contributed by atoms with Gasteiger partial charge in [-0.05, 0) is 55.7 Å². The molecule has 1 aliphatic heterocycles. The Hall–Kier alpha value is -2.86. The molecule has 1 fully saturated rings. The van der Waals surface area contributed by atoms with Gasteiger partial charge in [-0.1, -0.05) is 18.2 Å². The molecule has 0 spiro atoms. The van der Waals surface area contributed by atoms with Crippen LogP contribution in [0.15, 0.2) is 48.5 Å². The van der Waals surface area contributed by atoms with E-state index in [0.717, 1.165) is 37.0 Å². The van der Waals surface area contributed by atoms with E-state index in [-0.39, 0.29) is 5.91 Å². The average molecular weight is 423 g/mol. The Labute approximate surface area is 180 Å². The van der Waals surface area contributed by atoms with Crippen LogP contribution in [-0.2, 0) is 4.79 Å². The monoisotopic (exact) mass is 422 g/mol. The summed E-state index contributed by atoms with van der Waals surface area (Å²) in [5.74, 6) is 1.86. The number of hydrogen-bond donors (Lipinski definition) is 0. The number of aromatic nitrogens is 1. The lowest BCUT2D eigenvalue weighted by Gasteiger charge is -2.30. The summed E-state index contributed by atoms with van der Waals surface area (Å²) in [6.07, 6.45) is 5.40. The van der Waals surface area contributed by atoms with Crippen LogP contribution in [0.5, 0.6) is 11.5 Å². The SMILES string of the molecule is CCOc1cc(/C=C/C(=O)N2CCC(c3nc4ccccc4s3)CC2)ccc1OC. The van der Waals surface area contributed by atoms with Crippen molar-refractivity contribution in [3.8, 4) is 11.5 Å². The van der Waals surface area contributed by atoms with E-state index in [1.165, 1.54) is 9.71 Å². The highest BCUT2D eigenvalue weighted by Gasteiger charge is 2.25. The number of thiazole rings is 1. The van der Waals surface area contributed by atoms with Gasteiger partial charge < -0.3 is 14.4 Å². The van der Waals surface area contributed by atoms with Crippen LogP contribution in [0.1, 0.15) is 36.3 Å². The van der Waals surface area contributed by atoms with Crippen molar-refractivity contribution >= 4 is 33.5 Å². The lowest BCUT2D eigenvalue weighted by atomic mass is 9.97. The van der Waals surface area contributed by atoms with Gasteiger partial charge in [0, 0.05) is 25.1 Å². The minimum Gasteiger partial charge on any atom is -0.493 e. The van der Waals surface area contributed by atoms with Gasteiger partial charge >= 0.3 is 0 Å². The number of benzene rings is 2. The summed E-state index contributed by atoms with van der Waals surface area (Å²) >= 11 is 1.78. The second-order valence-electron chi connectivity index (χ2n) is 7.30. The van der Waals surface area contributed by atoms with E-state index in [4.69, 9.17) is 14.5 Å². The normalized spacial score (nSPS) is 15.1. The fraction of sp³-hybridized carbons (Fsp3) is 0.333. The highest BCUT2D eigenvalue weighted by molar-refractivity contribution is 7.18. The molecular weight excluding hydrogens is 396 g/mol. The molecule has 6 heteroatoms. The van der Waals surface area contributed by atoms with Gasteiger partial charge in [-0.15, -0.1) is 11.3 Å². The highest BCUT2D eigenvalue weighted by atomic mass is 32.1. The first-order valence-corrected chi connectivity index (χ1v) is 11.1. The highest BCUT2D eigenvalue weighted by Crippen LogP contribution is 2.34. The van der Waals surface area contributed by atoms with Crippen LogP contribution in [0.25, 0.3) is 16.3 Å². The molecule has 4 rings (SSSR count).